The molecule has 7 heterocycles. The zero-order valence-corrected chi connectivity index (χ0v) is 49.5. The Bertz CT molecular complexity index is 6300. The lowest BCUT2D eigenvalue weighted by molar-refractivity contribution is 0.668. The molecule has 0 aliphatic heterocycles. The van der Waals surface area contributed by atoms with Crippen LogP contribution in [0.1, 0.15) is 0 Å². The van der Waals surface area contributed by atoms with E-state index in [1.807, 2.05) is 23.5 Å². The van der Waals surface area contributed by atoms with Gasteiger partial charge in [0, 0.05) is 108 Å². The van der Waals surface area contributed by atoms with Crippen molar-refractivity contribution < 1.29 is 8.83 Å². The molecule has 0 N–H and O–H groups in total. The molecule has 0 unspecified atom stereocenters. The largest absolute Gasteiger partial charge is 0.456 e. The van der Waals surface area contributed by atoms with Gasteiger partial charge >= 0.3 is 0 Å². The van der Waals surface area contributed by atoms with Gasteiger partial charge in [-0.3, -0.25) is 0 Å². The number of rotatable bonds is 6. The molecule has 6 nitrogen and oxygen atoms in total. The lowest BCUT2D eigenvalue weighted by atomic mass is 9.99. The quantitative estimate of drug-likeness (QED) is 0.167. The van der Waals surface area contributed by atoms with Crippen LogP contribution in [0.2, 0.25) is 0 Å². The lowest BCUT2D eigenvalue weighted by Crippen LogP contribution is -1.93. The van der Waals surface area contributed by atoms with Gasteiger partial charge in [-0.15, -0.1) is 11.3 Å². The van der Waals surface area contributed by atoms with Crippen LogP contribution in [0.4, 0.5) is 0 Å². The Morgan fingerprint density at radius 1 is 0.198 bits per heavy atom. The molecule has 0 bridgehead atoms. The van der Waals surface area contributed by atoms with Gasteiger partial charge in [-0.2, -0.15) is 0 Å². The number of para-hydroxylation sites is 6. The van der Waals surface area contributed by atoms with Gasteiger partial charge in [-0.25, -0.2) is 0 Å². The molecule has 0 spiro atoms. The zero-order chi connectivity index (χ0) is 59.2. The summed E-state index contributed by atoms with van der Waals surface area (Å²) in [5, 5.41) is 16.7. The molecule has 21 aromatic rings. The third kappa shape index (κ3) is 6.90. The molecular weight excluding hydrogens is 1130 g/mol. The van der Waals surface area contributed by atoms with E-state index in [0.717, 1.165) is 88.7 Å². The highest BCUT2D eigenvalue weighted by Crippen LogP contribution is 2.50. The molecular formula is C84H48N4O2S. The minimum atomic E-state index is 0.879. The van der Waals surface area contributed by atoms with Crippen molar-refractivity contribution in [3.8, 4) is 45.0 Å². The zero-order valence-electron chi connectivity index (χ0n) is 48.7. The van der Waals surface area contributed by atoms with Crippen LogP contribution >= 0.6 is 11.3 Å². The number of nitrogens with zero attached hydrogens (tertiary/aromatic N) is 4. The number of hydrogen-bond donors (Lipinski definition) is 0. The highest BCUT2D eigenvalue weighted by atomic mass is 32.1. The molecule has 7 aromatic heterocycles. The van der Waals surface area contributed by atoms with Crippen molar-refractivity contribution in [1.82, 2.24) is 18.3 Å². The van der Waals surface area contributed by atoms with E-state index >= 15 is 0 Å². The van der Waals surface area contributed by atoms with E-state index in [2.05, 4.69) is 297 Å². The summed E-state index contributed by atoms with van der Waals surface area (Å²) in [5.74, 6) is 0. The molecule has 0 amide bonds. The third-order valence-electron chi connectivity index (χ3n) is 19.5. The van der Waals surface area contributed by atoms with Crippen LogP contribution in [0.5, 0.6) is 0 Å². The van der Waals surface area contributed by atoms with E-state index < -0.39 is 0 Å². The Morgan fingerprint density at radius 3 is 0.967 bits per heavy atom. The number of furan rings is 2. The average Bonchev–Trinajstić information content (AvgIpc) is 1.55. The summed E-state index contributed by atoms with van der Waals surface area (Å²) in [5.41, 5.74) is 22.1. The smallest absolute Gasteiger partial charge is 0.135 e. The molecule has 0 aliphatic rings. The van der Waals surface area contributed by atoms with Crippen molar-refractivity contribution in [2.24, 2.45) is 0 Å². The molecule has 21 rings (SSSR count). The standard InChI is InChI=1S/C84H48N4O2S/c1-3-15-53(16-4-1)85-69-23-11-7-19-57(69)63-43-49(27-35-71(63)85)51-29-37-73-67(45-51)81-75(87(73)55-31-41-79-65(47-55)59-21-9-13-25-77(59)89-79)39-33-61-62-34-40-76-82(84(62)91-83(61)81)68-46-52(30-38-74(68)88(76)56-32-42-80-66(48-56)60-22-10-14-26-78(60)90-80)50-28-36-72-64(44-50)58-20-8-12-24-70(58)86(72)54-17-5-2-6-18-54/h1-48H. The summed E-state index contributed by atoms with van der Waals surface area (Å²) in [6.07, 6.45) is 0. The first kappa shape index (κ1) is 49.1. The molecule has 0 aliphatic carbocycles. The topological polar surface area (TPSA) is 46.0 Å². The molecule has 0 saturated carbocycles. The van der Waals surface area contributed by atoms with Crippen LogP contribution in [0, 0.1) is 0 Å². The maximum absolute atomic E-state index is 6.43. The average molecular weight is 1180 g/mol. The van der Waals surface area contributed by atoms with Gasteiger partial charge in [0.25, 0.3) is 0 Å². The minimum Gasteiger partial charge on any atom is -0.456 e. The number of hydrogen-bond acceptors (Lipinski definition) is 3. The monoisotopic (exact) mass is 1180 g/mol. The summed E-state index contributed by atoms with van der Waals surface area (Å²) in [6, 6.07) is 107. The van der Waals surface area contributed by atoms with Gasteiger partial charge in [0.2, 0.25) is 0 Å². The first-order chi connectivity index (χ1) is 45.1. The van der Waals surface area contributed by atoms with E-state index in [-0.39, 0.29) is 0 Å². The summed E-state index contributed by atoms with van der Waals surface area (Å²) < 4.78 is 25.1. The van der Waals surface area contributed by atoms with Gasteiger partial charge in [0.05, 0.1) is 44.1 Å². The Labute approximate surface area is 522 Å². The van der Waals surface area contributed by atoms with Crippen molar-refractivity contribution in [2.75, 3.05) is 0 Å². The number of fused-ring (bicyclic) bond motifs is 23. The van der Waals surface area contributed by atoms with E-state index in [9.17, 15) is 0 Å². The Hall–Kier alpha value is -11.9. The molecule has 0 saturated heterocycles. The highest BCUT2D eigenvalue weighted by molar-refractivity contribution is 7.27. The van der Waals surface area contributed by atoms with Crippen molar-refractivity contribution in [1.29, 1.82) is 0 Å². The van der Waals surface area contributed by atoms with Gasteiger partial charge in [0.15, 0.2) is 0 Å². The van der Waals surface area contributed by atoms with Gasteiger partial charge in [-0.05, 0) is 168 Å². The van der Waals surface area contributed by atoms with Gasteiger partial charge < -0.3 is 27.1 Å². The van der Waals surface area contributed by atoms with Crippen molar-refractivity contribution >= 4 is 163 Å². The number of benzene rings is 14. The van der Waals surface area contributed by atoms with Crippen LogP contribution in [-0.4, -0.2) is 18.3 Å². The predicted octanol–water partition coefficient (Wildman–Crippen LogP) is 23.6. The molecule has 91 heavy (non-hydrogen) atoms. The summed E-state index contributed by atoms with van der Waals surface area (Å²) in [4.78, 5) is 0. The normalized spacial score (nSPS) is 12.4. The van der Waals surface area contributed by atoms with E-state index in [0.29, 0.717) is 0 Å². The maximum atomic E-state index is 6.43. The summed E-state index contributed by atoms with van der Waals surface area (Å²) >= 11 is 1.93. The predicted molar refractivity (Wildman–Crippen MR) is 382 cm³/mol. The molecule has 0 atom stereocenters. The fourth-order valence-corrected chi connectivity index (χ4v) is 16.9. The second kappa shape index (κ2) is 18.3. The first-order valence-corrected chi connectivity index (χ1v) is 31.9. The second-order valence-electron chi connectivity index (χ2n) is 24.3. The minimum absolute atomic E-state index is 0.879. The van der Waals surface area contributed by atoms with Gasteiger partial charge in [-0.1, -0.05) is 146 Å². The fourth-order valence-electron chi connectivity index (χ4n) is 15.5. The summed E-state index contributed by atoms with van der Waals surface area (Å²) in [7, 11) is 0. The fraction of sp³-hybridized carbons (Fsp3) is 0. The lowest BCUT2D eigenvalue weighted by Gasteiger charge is -2.09. The number of aromatic nitrogens is 4. The van der Waals surface area contributed by atoms with E-state index in [1.165, 1.54) is 108 Å². The second-order valence-corrected chi connectivity index (χ2v) is 25.3. The highest BCUT2D eigenvalue weighted by Gasteiger charge is 2.25. The Kier molecular flexibility index (Phi) is 9.90. The van der Waals surface area contributed by atoms with E-state index in [4.69, 9.17) is 8.83 Å². The van der Waals surface area contributed by atoms with Crippen LogP contribution in [0.3, 0.4) is 0 Å². The number of thiophene rings is 1. The Morgan fingerprint density at radius 2 is 0.527 bits per heavy atom. The molecule has 0 fully saturated rings. The van der Waals surface area contributed by atoms with Crippen LogP contribution in [0.15, 0.2) is 300 Å². The summed E-state index contributed by atoms with van der Waals surface area (Å²) in [6.45, 7) is 0. The van der Waals surface area contributed by atoms with Crippen LogP contribution < -0.4 is 0 Å². The molecule has 14 aromatic carbocycles. The first-order valence-electron chi connectivity index (χ1n) is 31.0. The SMILES string of the molecule is c1ccc(-n2c3ccccc3c3cc(-c4ccc5c(c4)c4c6sc7c(ccc8c7c7cc(-c9ccc%10c(c9)c9ccccc9n%10-c9ccccc9)ccc7n8-c7ccc8oc9ccccc9c8c7)c6ccc4n5-c4ccc5oc6ccccc6c5c4)ccc32)cc1. The van der Waals surface area contributed by atoms with Crippen LogP contribution in [-0.2, 0) is 0 Å². The molecule has 0 radical (unpaired) electrons. The van der Waals surface area contributed by atoms with Crippen molar-refractivity contribution in [2.45, 2.75) is 0 Å². The molecule has 7 heteroatoms. The molecule has 422 valence electrons. The maximum Gasteiger partial charge on any atom is 0.135 e. The van der Waals surface area contributed by atoms with E-state index in [1.54, 1.807) is 0 Å². The third-order valence-corrected chi connectivity index (χ3v) is 20.8. The van der Waals surface area contributed by atoms with Gasteiger partial charge in [0.1, 0.15) is 22.3 Å². The van der Waals surface area contributed by atoms with Crippen molar-refractivity contribution in [3.63, 3.8) is 0 Å². The Balaban J connectivity index is 0.828. The van der Waals surface area contributed by atoms with Crippen molar-refractivity contribution in [3.05, 3.63) is 291 Å². The van der Waals surface area contributed by atoms with Crippen LogP contribution in [0.25, 0.3) is 196 Å².